The molecule has 0 bridgehead atoms. The summed E-state index contributed by atoms with van der Waals surface area (Å²) in [5.41, 5.74) is 1.03. The summed E-state index contributed by atoms with van der Waals surface area (Å²) in [5.74, 6) is -3.98. The molecule has 5 rings (SSSR count). The number of hydrogen-bond donors (Lipinski definition) is 2. The molecule has 0 radical (unpaired) electrons. The minimum Gasteiger partial charge on any atom is -0.442 e. The Balaban J connectivity index is 1.06. The Kier molecular flexibility index (Phi) is 7.25. The fraction of sp³-hybridized carbons (Fsp3) is 0.370. The van der Waals surface area contributed by atoms with E-state index in [4.69, 9.17) is 11.3 Å². The SMILES string of the molecule is [C-]#[N+]c1ccc(N(C)C(=O)N2CC(OC(=O)NC3CN(c4cc(F)c(C5CCC(=O)NC5=O)c(F)c4)C3)C2)cc1. The van der Waals surface area contributed by atoms with Crippen molar-refractivity contribution in [1.82, 2.24) is 15.5 Å². The number of urea groups is 1. The van der Waals surface area contributed by atoms with Gasteiger partial charge in [0.1, 0.15) is 17.7 Å². The number of imide groups is 1. The van der Waals surface area contributed by atoms with Gasteiger partial charge >= 0.3 is 12.1 Å². The highest BCUT2D eigenvalue weighted by molar-refractivity contribution is 6.01. The van der Waals surface area contributed by atoms with E-state index in [9.17, 15) is 28.0 Å². The van der Waals surface area contributed by atoms with Gasteiger partial charge < -0.3 is 19.9 Å². The van der Waals surface area contributed by atoms with Crippen LogP contribution in [0.15, 0.2) is 36.4 Å². The number of nitrogens with one attached hydrogen (secondary N) is 2. The number of halogens is 2. The van der Waals surface area contributed by atoms with Gasteiger partial charge in [-0.15, -0.1) is 0 Å². The lowest BCUT2D eigenvalue weighted by atomic mass is 9.89. The van der Waals surface area contributed by atoms with Crippen LogP contribution in [0.1, 0.15) is 24.3 Å². The van der Waals surface area contributed by atoms with E-state index in [-0.39, 0.29) is 49.3 Å². The van der Waals surface area contributed by atoms with Crippen molar-refractivity contribution in [3.63, 3.8) is 0 Å². The molecule has 3 fully saturated rings. The normalized spacial score (nSPS) is 19.2. The third-order valence-electron chi connectivity index (χ3n) is 7.27. The van der Waals surface area contributed by atoms with Crippen molar-refractivity contribution < 1.29 is 32.7 Å². The Labute approximate surface area is 228 Å². The highest BCUT2D eigenvalue weighted by atomic mass is 19.1. The van der Waals surface area contributed by atoms with E-state index in [1.807, 2.05) is 0 Å². The van der Waals surface area contributed by atoms with Gasteiger partial charge in [-0.3, -0.25) is 19.8 Å². The summed E-state index contributed by atoms with van der Waals surface area (Å²) >= 11 is 0. The van der Waals surface area contributed by atoms with Gasteiger partial charge in [0.15, 0.2) is 5.69 Å². The molecule has 3 saturated heterocycles. The quantitative estimate of drug-likeness (QED) is 0.436. The molecule has 3 heterocycles. The molecule has 3 aliphatic rings. The number of alkyl carbamates (subject to hydrolysis) is 1. The standard InChI is InChI=1S/C27H26F2N6O5/c1-30-15-3-5-17(6-4-15)33(2)27(39)35-13-19(14-35)40-26(38)31-16-11-34(12-16)18-9-21(28)24(22(29)10-18)20-7-8-23(36)32-25(20)37/h3-6,9-10,16,19-20H,7-8,11-14H2,2H3,(H,31,38)(H,32,36,37). The largest absolute Gasteiger partial charge is 0.442 e. The maximum absolute atomic E-state index is 14.8. The third-order valence-corrected chi connectivity index (χ3v) is 7.27. The van der Waals surface area contributed by atoms with Crippen molar-refractivity contribution >= 4 is 41.0 Å². The van der Waals surface area contributed by atoms with Crippen LogP contribution in [0.3, 0.4) is 0 Å². The minimum absolute atomic E-state index is 0.0122. The Morgan fingerprint density at radius 2 is 1.75 bits per heavy atom. The molecule has 1 unspecified atom stereocenters. The van der Waals surface area contributed by atoms with E-state index >= 15 is 0 Å². The number of anilines is 2. The van der Waals surface area contributed by atoms with Crippen molar-refractivity contribution in [3.05, 3.63) is 65.0 Å². The smallest absolute Gasteiger partial charge is 0.407 e. The highest BCUT2D eigenvalue weighted by Gasteiger charge is 2.37. The molecule has 0 aliphatic carbocycles. The second kappa shape index (κ2) is 10.8. The molecule has 5 amide bonds. The topological polar surface area (TPSA) is 116 Å². The predicted octanol–water partition coefficient (Wildman–Crippen LogP) is 2.89. The van der Waals surface area contributed by atoms with Crippen LogP contribution < -0.4 is 20.4 Å². The molecule has 2 aromatic rings. The number of rotatable bonds is 5. The lowest BCUT2D eigenvalue weighted by Gasteiger charge is -2.43. The Morgan fingerprint density at radius 3 is 2.35 bits per heavy atom. The summed E-state index contributed by atoms with van der Waals surface area (Å²) in [7, 11) is 1.62. The Bertz CT molecular complexity index is 1380. The molecular formula is C27H26F2N6O5. The molecule has 0 aromatic heterocycles. The van der Waals surface area contributed by atoms with Crippen LogP contribution in [0, 0.1) is 18.2 Å². The van der Waals surface area contributed by atoms with Crippen molar-refractivity contribution in [1.29, 1.82) is 0 Å². The lowest BCUT2D eigenvalue weighted by Crippen LogP contribution is -2.62. The second-order valence-corrected chi connectivity index (χ2v) is 9.98. The second-order valence-electron chi connectivity index (χ2n) is 9.98. The average molecular weight is 553 g/mol. The summed E-state index contributed by atoms with van der Waals surface area (Å²) in [6.45, 7) is 8.10. The number of benzene rings is 2. The third kappa shape index (κ3) is 5.38. The van der Waals surface area contributed by atoms with Crippen LogP contribution in [0.5, 0.6) is 0 Å². The molecule has 2 aromatic carbocycles. The number of carbonyl (C=O) groups is 4. The zero-order valence-corrected chi connectivity index (χ0v) is 21.5. The zero-order valence-electron chi connectivity index (χ0n) is 21.5. The van der Waals surface area contributed by atoms with E-state index in [1.54, 1.807) is 36.2 Å². The maximum atomic E-state index is 14.8. The summed E-state index contributed by atoms with van der Waals surface area (Å²) < 4.78 is 34.9. The van der Waals surface area contributed by atoms with Crippen molar-refractivity contribution in [2.45, 2.75) is 30.9 Å². The Hall–Kier alpha value is -4.73. The number of ether oxygens (including phenoxy) is 1. The molecular weight excluding hydrogens is 526 g/mol. The molecule has 208 valence electrons. The fourth-order valence-corrected chi connectivity index (χ4v) is 4.93. The van der Waals surface area contributed by atoms with Crippen LogP contribution in [0.25, 0.3) is 4.85 Å². The van der Waals surface area contributed by atoms with Crippen molar-refractivity contribution in [2.24, 2.45) is 0 Å². The first kappa shape index (κ1) is 26.9. The highest BCUT2D eigenvalue weighted by Crippen LogP contribution is 2.33. The molecule has 11 nitrogen and oxygen atoms in total. The predicted molar refractivity (Wildman–Crippen MR) is 139 cm³/mol. The monoisotopic (exact) mass is 552 g/mol. The van der Waals surface area contributed by atoms with Crippen LogP contribution in [-0.4, -0.2) is 74.2 Å². The lowest BCUT2D eigenvalue weighted by molar-refractivity contribution is -0.134. The number of hydrogen-bond acceptors (Lipinski definition) is 6. The number of likely N-dealkylation sites (tertiary alicyclic amines) is 1. The van der Waals surface area contributed by atoms with Gasteiger partial charge in [0.2, 0.25) is 11.8 Å². The van der Waals surface area contributed by atoms with Gasteiger partial charge in [-0.05, 0) is 30.7 Å². The van der Waals surface area contributed by atoms with Gasteiger partial charge in [0.05, 0.1) is 31.6 Å². The molecule has 2 N–H and O–H groups in total. The minimum atomic E-state index is -1.07. The van der Waals surface area contributed by atoms with Crippen LogP contribution in [0.2, 0.25) is 0 Å². The van der Waals surface area contributed by atoms with Crippen LogP contribution >= 0.6 is 0 Å². The number of nitrogens with zero attached hydrogens (tertiary/aromatic N) is 4. The summed E-state index contributed by atoms with van der Waals surface area (Å²) in [5, 5.41) is 4.82. The van der Waals surface area contributed by atoms with Gasteiger partial charge in [-0.25, -0.2) is 23.2 Å². The summed E-state index contributed by atoms with van der Waals surface area (Å²) in [6, 6.07) is 8.37. The maximum Gasteiger partial charge on any atom is 0.407 e. The van der Waals surface area contributed by atoms with Crippen LogP contribution in [0.4, 0.5) is 35.4 Å². The van der Waals surface area contributed by atoms with Crippen LogP contribution in [-0.2, 0) is 14.3 Å². The van der Waals surface area contributed by atoms with E-state index < -0.39 is 41.6 Å². The molecule has 40 heavy (non-hydrogen) atoms. The first-order chi connectivity index (χ1) is 19.1. The zero-order chi connectivity index (χ0) is 28.6. The first-order valence-corrected chi connectivity index (χ1v) is 12.7. The summed E-state index contributed by atoms with van der Waals surface area (Å²) in [4.78, 5) is 56.3. The molecule has 3 aliphatic heterocycles. The van der Waals surface area contributed by atoms with E-state index in [0.29, 0.717) is 24.5 Å². The fourth-order valence-electron chi connectivity index (χ4n) is 4.93. The van der Waals surface area contributed by atoms with Gasteiger partial charge in [-0.2, -0.15) is 0 Å². The van der Waals surface area contributed by atoms with E-state index in [2.05, 4.69) is 15.5 Å². The van der Waals surface area contributed by atoms with Gasteiger partial charge in [-0.1, -0.05) is 12.1 Å². The molecule has 0 spiro atoms. The first-order valence-electron chi connectivity index (χ1n) is 12.7. The number of amides is 5. The number of piperidine rings is 1. The van der Waals surface area contributed by atoms with Crippen molar-refractivity contribution in [2.75, 3.05) is 43.0 Å². The number of carbonyl (C=O) groups excluding carboxylic acids is 4. The average Bonchev–Trinajstić information content (AvgIpc) is 2.87. The van der Waals surface area contributed by atoms with E-state index in [1.165, 1.54) is 9.80 Å². The van der Waals surface area contributed by atoms with Gasteiger partial charge in [0.25, 0.3) is 0 Å². The Morgan fingerprint density at radius 1 is 1.10 bits per heavy atom. The van der Waals surface area contributed by atoms with E-state index in [0.717, 1.165) is 12.1 Å². The summed E-state index contributed by atoms with van der Waals surface area (Å²) in [6.07, 6.45) is -1.05. The molecule has 1 atom stereocenters. The van der Waals surface area contributed by atoms with Gasteiger partial charge in [0, 0.05) is 43.5 Å². The molecule has 0 saturated carbocycles. The molecule has 13 heteroatoms. The van der Waals surface area contributed by atoms with Crippen molar-refractivity contribution in [3.8, 4) is 0 Å².